The van der Waals surface area contributed by atoms with Crippen LogP contribution in [0.5, 0.6) is 5.75 Å². The fraction of sp³-hybridized carbons (Fsp3) is 0.579. The molecule has 0 heterocycles. The predicted molar refractivity (Wildman–Crippen MR) is 96.5 cm³/mol. The molecule has 7 nitrogen and oxygen atoms in total. The first-order valence-corrected chi connectivity index (χ1v) is 8.72. The second-order valence-corrected chi connectivity index (χ2v) is 7.04. The highest BCUT2D eigenvalue weighted by molar-refractivity contribution is 5.88. The zero-order chi connectivity index (χ0) is 19.4. The van der Waals surface area contributed by atoms with E-state index in [-0.39, 0.29) is 18.6 Å². The van der Waals surface area contributed by atoms with Crippen molar-refractivity contribution in [3.8, 4) is 5.75 Å². The number of rotatable bonds is 8. The Morgan fingerprint density at radius 2 is 2.08 bits per heavy atom. The van der Waals surface area contributed by atoms with Gasteiger partial charge in [-0.1, -0.05) is 26.0 Å². The molecule has 26 heavy (non-hydrogen) atoms. The van der Waals surface area contributed by atoms with Crippen LogP contribution >= 0.6 is 0 Å². The van der Waals surface area contributed by atoms with Gasteiger partial charge in [-0.15, -0.1) is 0 Å². The smallest absolute Gasteiger partial charge is 0.343 e. The van der Waals surface area contributed by atoms with E-state index in [1.807, 2.05) is 26.8 Å². The van der Waals surface area contributed by atoms with Crippen LogP contribution in [0.3, 0.4) is 0 Å². The Morgan fingerprint density at radius 3 is 2.69 bits per heavy atom. The summed E-state index contributed by atoms with van der Waals surface area (Å²) in [5.41, 5.74) is 5.83. The molecule has 2 rings (SSSR count). The summed E-state index contributed by atoms with van der Waals surface area (Å²) in [7, 11) is 1.30. The maximum absolute atomic E-state index is 12.6. The van der Waals surface area contributed by atoms with Crippen LogP contribution in [-0.4, -0.2) is 43.8 Å². The third kappa shape index (κ3) is 3.99. The fourth-order valence-corrected chi connectivity index (χ4v) is 3.11. The molecular formula is C19H28N2O5. The van der Waals surface area contributed by atoms with Gasteiger partial charge in [0.05, 0.1) is 13.2 Å². The van der Waals surface area contributed by atoms with Crippen LogP contribution in [0, 0.1) is 5.41 Å². The average Bonchev–Trinajstić information content (AvgIpc) is 2.64. The fourth-order valence-electron chi connectivity index (χ4n) is 3.11. The molecule has 1 aromatic rings. The first-order chi connectivity index (χ1) is 12.2. The number of methoxy groups -OCH3 is 1. The number of amides is 1. The van der Waals surface area contributed by atoms with Crippen molar-refractivity contribution in [3.63, 3.8) is 0 Å². The third-order valence-electron chi connectivity index (χ3n) is 5.17. The maximum Gasteiger partial charge on any atom is 0.343 e. The van der Waals surface area contributed by atoms with E-state index in [0.29, 0.717) is 25.3 Å². The first-order valence-electron chi connectivity index (χ1n) is 8.72. The lowest BCUT2D eigenvalue weighted by Gasteiger charge is -2.57. The molecule has 144 valence electrons. The average molecular weight is 364 g/mol. The highest BCUT2D eigenvalue weighted by atomic mass is 16.6. The van der Waals surface area contributed by atoms with Crippen molar-refractivity contribution in [2.24, 2.45) is 11.1 Å². The topological polar surface area (TPSA) is 99.9 Å². The summed E-state index contributed by atoms with van der Waals surface area (Å²) in [5.74, 6) is -0.117. The largest absolute Gasteiger partial charge is 0.482 e. The molecule has 0 saturated heterocycles. The van der Waals surface area contributed by atoms with Gasteiger partial charge in [0.15, 0.2) is 6.61 Å². The minimum Gasteiger partial charge on any atom is -0.482 e. The number of nitrogens with two attached hydrogens (primary N) is 1. The van der Waals surface area contributed by atoms with Crippen molar-refractivity contribution in [3.05, 3.63) is 29.8 Å². The van der Waals surface area contributed by atoms with Crippen LogP contribution in [0.15, 0.2) is 24.3 Å². The molecule has 1 amide bonds. The SMILES string of the molecule is CCOC1CC(N)(C(=O)NCc2cccc(OCC(=O)OC)c2)C1(C)C. The van der Waals surface area contributed by atoms with Crippen LogP contribution in [0.25, 0.3) is 0 Å². The number of nitrogens with one attached hydrogen (secondary N) is 1. The van der Waals surface area contributed by atoms with Crippen molar-refractivity contribution >= 4 is 11.9 Å². The molecule has 1 aromatic carbocycles. The highest BCUT2D eigenvalue weighted by Crippen LogP contribution is 2.49. The monoisotopic (exact) mass is 364 g/mol. The van der Waals surface area contributed by atoms with Gasteiger partial charge in [-0.25, -0.2) is 4.79 Å². The Morgan fingerprint density at radius 1 is 1.35 bits per heavy atom. The van der Waals surface area contributed by atoms with Crippen molar-refractivity contribution in [2.45, 2.75) is 45.4 Å². The normalized spacial score (nSPS) is 23.7. The molecule has 0 bridgehead atoms. The third-order valence-corrected chi connectivity index (χ3v) is 5.17. The van der Waals surface area contributed by atoms with Gasteiger partial charge in [0.1, 0.15) is 11.3 Å². The van der Waals surface area contributed by atoms with Crippen LogP contribution in [0.2, 0.25) is 0 Å². The van der Waals surface area contributed by atoms with E-state index < -0.39 is 16.9 Å². The number of hydrogen-bond donors (Lipinski definition) is 2. The van der Waals surface area contributed by atoms with E-state index in [1.165, 1.54) is 7.11 Å². The van der Waals surface area contributed by atoms with Gasteiger partial charge in [-0.05, 0) is 24.6 Å². The van der Waals surface area contributed by atoms with Crippen LogP contribution in [0.1, 0.15) is 32.8 Å². The van der Waals surface area contributed by atoms with Crippen molar-refractivity contribution in [1.29, 1.82) is 0 Å². The Hall–Kier alpha value is -2.12. The second-order valence-electron chi connectivity index (χ2n) is 7.04. The molecule has 0 radical (unpaired) electrons. The molecule has 7 heteroatoms. The van der Waals surface area contributed by atoms with Crippen molar-refractivity contribution < 1.29 is 23.8 Å². The molecule has 1 aliphatic rings. The summed E-state index contributed by atoms with van der Waals surface area (Å²) in [4.78, 5) is 23.8. The van der Waals surface area contributed by atoms with Gasteiger partial charge in [0.25, 0.3) is 0 Å². The van der Waals surface area contributed by atoms with Crippen LogP contribution < -0.4 is 15.8 Å². The molecule has 2 atom stereocenters. The number of carbonyl (C=O) groups is 2. The molecular weight excluding hydrogens is 336 g/mol. The lowest BCUT2D eigenvalue weighted by Crippen LogP contribution is -2.75. The summed E-state index contributed by atoms with van der Waals surface area (Å²) >= 11 is 0. The molecule has 2 unspecified atom stereocenters. The second kappa shape index (κ2) is 8.05. The Bertz CT molecular complexity index is 661. The Kier molecular flexibility index (Phi) is 6.26. The standard InChI is InChI=1S/C19H28N2O5/c1-5-25-15-10-19(20,18(15,2)3)17(23)21-11-13-7-6-8-14(9-13)26-12-16(22)24-4/h6-9,15H,5,10-12,20H2,1-4H3,(H,21,23). The summed E-state index contributed by atoms with van der Waals surface area (Å²) in [6.45, 7) is 6.61. The quantitative estimate of drug-likeness (QED) is 0.676. The van der Waals surface area contributed by atoms with Gasteiger partial charge in [-0.2, -0.15) is 0 Å². The first kappa shape index (κ1) is 20.2. The molecule has 0 spiro atoms. The molecule has 1 saturated carbocycles. The van der Waals surface area contributed by atoms with Gasteiger partial charge >= 0.3 is 5.97 Å². The lowest BCUT2D eigenvalue weighted by atomic mass is 9.54. The molecule has 1 aliphatic carbocycles. The lowest BCUT2D eigenvalue weighted by molar-refractivity contribution is -0.170. The van der Waals surface area contributed by atoms with Gasteiger partial charge in [-0.3, -0.25) is 4.79 Å². The van der Waals surface area contributed by atoms with Crippen molar-refractivity contribution in [1.82, 2.24) is 5.32 Å². The van der Waals surface area contributed by atoms with Gasteiger partial charge < -0.3 is 25.3 Å². The number of carbonyl (C=O) groups excluding carboxylic acids is 2. The summed E-state index contributed by atoms with van der Waals surface area (Å²) in [6, 6.07) is 7.16. The number of hydrogen-bond acceptors (Lipinski definition) is 6. The summed E-state index contributed by atoms with van der Waals surface area (Å²) < 4.78 is 15.5. The van der Waals surface area contributed by atoms with E-state index in [9.17, 15) is 9.59 Å². The number of benzene rings is 1. The van der Waals surface area contributed by atoms with Crippen LogP contribution in [0.4, 0.5) is 0 Å². The van der Waals surface area contributed by atoms with E-state index in [0.717, 1.165) is 5.56 Å². The predicted octanol–water partition coefficient (Wildman–Crippen LogP) is 1.39. The van der Waals surface area contributed by atoms with E-state index in [2.05, 4.69) is 10.1 Å². The summed E-state index contributed by atoms with van der Waals surface area (Å²) in [6.07, 6.45) is 0.486. The number of esters is 1. The maximum atomic E-state index is 12.6. The Labute approximate surface area is 154 Å². The Balaban J connectivity index is 1.92. The van der Waals surface area contributed by atoms with E-state index in [4.69, 9.17) is 15.2 Å². The minimum atomic E-state index is -0.953. The highest BCUT2D eigenvalue weighted by Gasteiger charge is 2.62. The number of ether oxygens (including phenoxy) is 3. The molecule has 1 fully saturated rings. The van der Waals surface area contributed by atoms with Gasteiger partial charge in [0, 0.05) is 25.0 Å². The zero-order valence-electron chi connectivity index (χ0n) is 15.8. The molecule has 0 aliphatic heterocycles. The minimum absolute atomic E-state index is 0.0155. The van der Waals surface area contributed by atoms with E-state index in [1.54, 1.807) is 18.2 Å². The van der Waals surface area contributed by atoms with Crippen LogP contribution in [-0.2, 0) is 25.6 Å². The molecule has 3 N–H and O–H groups in total. The molecule has 0 aromatic heterocycles. The van der Waals surface area contributed by atoms with E-state index >= 15 is 0 Å². The van der Waals surface area contributed by atoms with Crippen molar-refractivity contribution in [2.75, 3.05) is 20.3 Å². The van der Waals surface area contributed by atoms with Gasteiger partial charge in [0.2, 0.25) is 5.91 Å². The zero-order valence-corrected chi connectivity index (χ0v) is 15.8. The summed E-state index contributed by atoms with van der Waals surface area (Å²) in [5, 5.41) is 2.90.